The van der Waals surface area contributed by atoms with Crippen LogP contribution in [0, 0.1) is 0 Å². The van der Waals surface area contributed by atoms with Crippen LogP contribution in [0.4, 0.5) is 0 Å². The highest BCUT2D eigenvalue weighted by molar-refractivity contribution is 6.32. The lowest BCUT2D eigenvalue weighted by molar-refractivity contribution is 0.0600. The van der Waals surface area contributed by atoms with E-state index in [0.717, 1.165) is 0 Å². The first kappa shape index (κ1) is 14.8. The third kappa shape index (κ3) is 3.74. The highest BCUT2D eigenvalue weighted by Crippen LogP contribution is 2.26. The lowest BCUT2D eigenvalue weighted by Gasteiger charge is -2.11. The van der Waals surface area contributed by atoms with Gasteiger partial charge in [0.1, 0.15) is 5.75 Å². The molecule has 0 spiro atoms. The van der Waals surface area contributed by atoms with Crippen LogP contribution in [-0.2, 0) is 4.74 Å². The number of benzene rings is 1. The zero-order chi connectivity index (χ0) is 11.4. The van der Waals surface area contributed by atoms with E-state index in [0.29, 0.717) is 16.3 Å². The Bertz CT molecular complexity index is 361. The highest BCUT2D eigenvalue weighted by atomic mass is 35.5. The summed E-state index contributed by atoms with van der Waals surface area (Å²) in [6.45, 7) is 3.81. The van der Waals surface area contributed by atoms with Crippen molar-refractivity contribution >= 4 is 17.6 Å². The van der Waals surface area contributed by atoms with E-state index in [9.17, 15) is 4.79 Å². The van der Waals surface area contributed by atoms with Crippen LogP contribution in [-0.4, -0.2) is 19.2 Å². The monoisotopic (exact) mass is 244 g/mol. The Morgan fingerprint density at radius 2 is 2.00 bits per heavy atom. The number of ether oxygens (including phenoxy) is 2. The first-order valence-corrected chi connectivity index (χ1v) is 4.97. The molecular weight excluding hydrogens is 228 g/mol. The molecule has 90 valence electrons. The molecule has 1 aromatic carbocycles. The molecule has 0 amide bonds. The fraction of sp³-hybridized carbons (Fsp3) is 0.417. The summed E-state index contributed by atoms with van der Waals surface area (Å²) in [5, 5.41) is 0.409. The van der Waals surface area contributed by atoms with Crippen LogP contribution in [0.15, 0.2) is 18.2 Å². The topological polar surface area (TPSA) is 35.5 Å². The van der Waals surface area contributed by atoms with Crippen LogP contribution in [0.3, 0.4) is 0 Å². The number of esters is 1. The number of carbonyl (C=O) groups is 1. The maximum absolute atomic E-state index is 11.2. The largest absolute Gasteiger partial charge is 0.489 e. The molecule has 0 bridgehead atoms. The molecule has 0 unspecified atom stereocenters. The van der Waals surface area contributed by atoms with Crippen molar-refractivity contribution in [2.24, 2.45) is 0 Å². The number of hydrogen-bond acceptors (Lipinski definition) is 3. The van der Waals surface area contributed by atoms with Crippen LogP contribution in [0.25, 0.3) is 0 Å². The van der Waals surface area contributed by atoms with Crippen molar-refractivity contribution in [1.82, 2.24) is 0 Å². The molecule has 0 fully saturated rings. The minimum absolute atomic E-state index is 0. The van der Waals surface area contributed by atoms with E-state index < -0.39 is 5.97 Å². The summed E-state index contributed by atoms with van der Waals surface area (Å²) in [5.41, 5.74) is 0.415. The summed E-state index contributed by atoms with van der Waals surface area (Å²) in [4.78, 5) is 11.2. The predicted octanol–water partition coefficient (Wildman–Crippen LogP) is 3.55. The quantitative estimate of drug-likeness (QED) is 0.763. The van der Waals surface area contributed by atoms with Gasteiger partial charge in [-0.25, -0.2) is 4.79 Å². The number of hydrogen-bond donors (Lipinski definition) is 0. The summed E-state index contributed by atoms with van der Waals surface area (Å²) >= 11 is 5.94. The normalized spacial score (nSPS) is 9.56. The van der Waals surface area contributed by atoms with Gasteiger partial charge in [0, 0.05) is 0 Å². The molecule has 0 saturated heterocycles. The van der Waals surface area contributed by atoms with E-state index in [1.54, 1.807) is 12.1 Å². The second-order valence-electron chi connectivity index (χ2n) is 3.30. The Kier molecular flexibility index (Phi) is 5.89. The predicted molar refractivity (Wildman–Crippen MR) is 65.3 cm³/mol. The van der Waals surface area contributed by atoms with Gasteiger partial charge in [0.15, 0.2) is 0 Å². The molecule has 0 saturated carbocycles. The highest BCUT2D eigenvalue weighted by Gasteiger charge is 2.09. The zero-order valence-electron chi connectivity index (χ0n) is 8.91. The number of halogens is 1. The van der Waals surface area contributed by atoms with Crippen molar-refractivity contribution < 1.29 is 14.3 Å². The Balaban J connectivity index is 0.00000225. The molecule has 1 rings (SSSR count). The van der Waals surface area contributed by atoms with Gasteiger partial charge in [-0.05, 0) is 32.0 Å². The fourth-order valence-electron chi connectivity index (χ4n) is 1.10. The second-order valence-corrected chi connectivity index (χ2v) is 3.71. The minimum atomic E-state index is -0.409. The number of carbonyl (C=O) groups excluding carboxylic acids is 1. The van der Waals surface area contributed by atoms with Crippen LogP contribution in [0.5, 0.6) is 5.75 Å². The average Bonchev–Trinajstić information content (AvgIpc) is 2.19. The van der Waals surface area contributed by atoms with E-state index in [-0.39, 0.29) is 13.5 Å². The lowest BCUT2D eigenvalue weighted by Crippen LogP contribution is -2.07. The van der Waals surface area contributed by atoms with Gasteiger partial charge in [-0.15, -0.1) is 0 Å². The molecule has 0 radical (unpaired) electrons. The van der Waals surface area contributed by atoms with E-state index >= 15 is 0 Å². The summed E-state index contributed by atoms with van der Waals surface area (Å²) in [5.74, 6) is 0.160. The van der Waals surface area contributed by atoms with E-state index in [1.807, 2.05) is 13.8 Å². The fourth-order valence-corrected chi connectivity index (χ4v) is 1.32. The van der Waals surface area contributed by atoms with Crippen molar-refractivity contribution in [2.45, 2.75) is 27.4 Å². The maximum Gasteiger partial charge on any atom is 0.337 e. The van der Waals surface area contributed by atoms with Gasteiger partial charge in [0.25, 0.3) is 0 Å². The molecule has 0 atom stereocenters. The lowest BCUT2D eigenvalue weighted by atomic mass is 10.2. The van der Waals surface area contributed by atoms with Crippen molar-refractivity contribution in [3.63, 3.8) is 0 Å². The standard InChI is InChI=1S/C11H13ClO3.CH4/c1-7(2)15-10-5-4-8(6-9(10)12)11(13)14-3;/h4-7H,1-3H3;1H4. The molecule has 3 nitrogen and oxygen atoms in total. The Hall–Kier alpha value is -1.22. The molecular formula is C12H17ClO3. The minimum Gasteiger partial charge on any atom is -0.489 e. The van der Waals surface area contributed by atoms with E-state index in [1.165, 1.54) is 13.2 Å². The van der Waals surface area contributed by atoms with Crippen LogP contribution in [0.1, 0.15) is 31.6 Å². The molecule has 1 aromatic rings. The van der Waals surface area contributed by atoms with Crippen molar-refractivity contribution in [3.8, 4) is 5.75 Å². The van der Waals surface area contributed by atoms with Crippen molar-refractivity contribution in [3.05, 3.63) is 28.8 Å². The van der Waals surface area contributed by atoms with Gasteiger partial charge in [0.05, 0.1) is 23.8 Å². The molecule has 0 N–H and O–H groups in total. The zero-order valence-corrected chi connectivity index (χ0v) is 9.67. The molecule has 0 heterocycles. The van der Waals surface area contributed by atoms with Gasteiger partial charge in [-0.1, -0.05) is 19.0 Å². The number of methoxy groups -OCH3 is 1. The molecule has 0 aliphatic rings. The Morgan fingerprint density at radius 3 is 2.44 bits per heavy atom. The van der Waals surface area contributed by atoms with Crippen molar-refractivity contribution in [2.75, 3.05) is 7.11 Å². The van der Waals surface area contributed by atoms with E-state index in [4.69, 9.17) is 16.3 Å². The van der Waals surface area contributed by atoms with Gasteiger partial charge >= 0.3 is 5.97 Å². The molecule has 4 heteroatoms. The van der Waals surface area contributed by atoms with Crippen molar-refractivity contribution in [1.29, 1.82) is 0 Å². The molecule has 0 aromatic heterocycles. The first-order valence-electron chi connectivity index (χ1n) is 4.59. The van der Waals surface area contributed by atoms with E-state index in [2.05, 4.69) is 4.74 Å². The van der Waals surface area contributed by atoms with Gasteiger partial charge in [-0.2, -0.15) is 0 Å². The number of rotatable bonds is 3. The SMILES string of the molecule is C.COC(=O)c1ccc(OC(C)C)c(Cl)c1. The second kappa shape index (κ2) is 6.38. The summed E-state index contributed by atoms with van der Waals surface area (Å²) < 4.78 is 10.0. The third-order valence-corrected chi connectivity index (χ3v) is 2.01. The summed E-state index contributed by atoms with van der Waals surface area (Å²) in [6.07, 6.45) is 0.0477. The summed E-state index contributed by atoms with van der Waals surface area (Å²) in [7, 11) is 1.33. The van der Waals surface area contributed by atoms with Crippen LogP contribution < -0.4 is 4.74 Å². The first-order chi connectivity index (χ1) is 7.04. The Morgan fingerprint density at radius 1 is 1.38 bits per heavy atom. The van der Waals surface area contributed by atoms with Gasteiger partial charge in [0.2, 0.25) is 0 Å². The van der Waals surface area contributed by atoms with Crippen LogP contribution >= 0.6 is 11.6 Å². The third-order valence-electron chi connectivity index (χ3n) is 1.72. The smallest absolute Gasteiger partial charge is 0.337 e. The van der Waals surface area contributed by atoms with Crippen LogP contribution in [0.2, 0.25) is 5.02 Å². The Labute approximate surface area is 101 Å². The molecule has 0 aliphatic heterocycles. The molecule has 16 heavy (non-hydrogen) atoms. The maximum atomic E-state index is 11.2. The van der Waals surface area contributed by atoms with Gasteiger partial charge in [-0.3, -0.25) is 0 Å². The van der Waals surface area contributed by atoms with Gasteiger partial charge < -0.3 is 9.47 Å². The summed E-state index contributed by atoms with van der Waals surface area (Å²) in [6, 6.07) is 4.81. The molecule has 0 aliphatic carbocycles. The average molecular weight is 245 g/mol.